The van der Waals surface area contributed by atoms with Crippen molar-refractivity contribution in [2.75, 3.05) is 5.33 Å². The maximum Gasteiger partial charge on any atom is 0.338 e. The van der Waals surface area contributed by atoms with Crippen LogP contribution in [-0.2, 0) is 14.3 Å². The smallest absolute Gasteiger partial charge is 0.338 e. The molecule has 0 N–H and O–H groups in total. The SMILES string of the molecule is O=C1OC(C(Cl)(Cl)Cl)OC1CBr. The average Bonchev–Trinajstić information content (AvgIpc) is 2.29. The minimum absolute atomic E-state index is 0.322. The Balaban J connectivity index is 2.60. The molecule has 70 valence electrons. The fourth-order valence-electron chi connectivity index (χ4n) is 0.657. The van der Waals surface area contributed by atoms with Gasteiger partial charge in [0.15, 0.2) is 6.10 Å². The molecule has 2 atom stereocenters. The first-order chi connectivity index (χ1) is 5.45. The highest BCUT2D eigenvalue weighted by molar-refractivity contribution is 9.09. The summed E-state index contributed by atoms with van der Waals surface area (Å²) in [6.45, 7) is 0. The molecule has 7 heteroatoms. The lowest BCUT2D eigenvalue weighted by atomic mass is 10.4. The van der Waals surface area contributed by atoms with E-state index in [1.807, 2.05) is 0 Å². The Kier molecular flexibility index (Phi) is 3.51. The maximum atomic E-state index is 10.9. The van der Waals surface area contributed by atoms with Gasteiger partial charge < -0.3 is 9.47 Å². The minimum Gasteiger partial charge on any atom is -0.429 e. The van der Waals surface area contributed by atoms with Gasteiger partial charge in [-0.2, -0.15) is 0 Å². The van der Waals surface area contributed by atoms with Crippen molar-refractivity contribution < 1.29 is 14.3 Å². The summed E-state index contributed by atoms with van der Waals surface area (Å²) in [6, 6.07) is 0. The third kappa shape index (κ3) is 2.39. The molecule has 0 aromatic carbocycles. The van der Waals surface area contributed by atoms with Gasteiger partial charge in [0.25, 0.3) is 10.1 Å². The number of carbonyl (C=O) groups is 1. The van der Waals surface area contributed by atoms with Gasteiger partial charge in [-0.3, -0.25) is 0 Å². The van der Waals surface area contributed by atoms with Gasteiger partial charge >= 0.3 is 5.97 Å². The summed E-state index contributed by atoms with van der Waals surface area (Å²) < 4.78 is 7.89. The van der Waals surface area contributed by atoms with Crippen LogP contribution >= 0.6 is 50.7 Å². The second-order valence-corrected chi connectivity index (χ2v) is 5.11. The van der Waals surface area contributed by atoms with Crippen LogP contribution in [0.25, 0.3) is 0 Å². The molecule has 1 heterocycles. The van der Waals surface area contributed by atoms with Crippen molar-refractivity contribution in [3.8, 4) is 0 Å². The second-order valence-electron chi connectivity index (χ2n) is 2.09. The first kappa shape index (κ1) is 10.9. The first-order valence-electron chi connectivity index (χ1n) is 2.94. The van der Waals surface area contributed by atoms with Crippen molar-refractivity contribution in [3.05, 3.63) is 0 Å². The molecule has 0 saturated carbocycles. The number of cyclic esters (lactones) is 1. The summed E-state index contributed by atoms with van der Waals surface area (Å²) in [7, 11) is 0. The van der Waals surface area contributed by atoms with E-state index in [0.29, 0.717) is 5.33 Å². The fraction of sp³-hybridized carbons (Fsp3) is 0.800. The molecule has 1 saturated heterocycles. The molecular formula is C5H4BrCl3O3. The Morgan fingerprint density at radius 3 is 2.33 bits per heavy atom. The fourth-order valence-corrected chi connectivity index (χ4v) is 1.36. The molecular weight excluding hydrogens is 294 g/mol. The third-order valence-electron chi connectivity index (χ3n) is 1.18. The van der Waals surface area contributed by atoms with Crippen molar-refractivity contribution in [2.45, 2.75) is 16.2 Å². The van der Waals surface area contributed by atoms with Gasteiger partial charge in [-0.1, -0.05) is 50.7 Å². The molecule has 0 radical (unpaired) electrons. The summed E-state index contributed by atoms with van der Waals surface area (Å²) >= 11 is 19.4. The van der Waals surface area contributed by atoms with Crippen LogP contribution in [0.2, 0.25) is 0 Å². The van der Waals surface area contributed by atoms with E-state index < -0.39 is 22.2 Å². The lowest BCUT2D eigenvalue weighted by Crippen LogP contribution is -2.27. The molecule has 1 fully saturated rings. The molecule has 0 spiro atoms. The van der Waals surface area contributed by atoms with Crippen LogP contribution in [0.4, 0.5) is 0 Å². The topological polar surface area (TPSA) is 35.5 Å². The quantitative estimate of drug-likeness (QED) is 0.549. The van der Waals surface area contributed by atoms with Gasteiger partial charge in [0.2, 0.25) is 0 Å². The van der Waals surface area contributed by atoms with E-state index in [1.165, 1.54) is 0 Å². The summed E-state index contributed by atoms with van der Waals surface area (Å²) in [6.07, 6.45) is -1.80. The number of carbonyl (C=O) groups excluding carboxylic acids is 1. The Bertz CT molecular complexity index is 193. The lowest BCUT2D eigenvalue weighted by Gasteiger charge is -2.16. The summed E-state index contributed by atoms with van der Waals surface area (Å²) in [5.74, 6) is -0.525. The van der Waals surface area contributed by atoms with E-state index in [4.69, 9.17) is 39.5 Å². The van der Waals surface area contributed by atoms with Crippen LogP contribution in [0.5, 0.6) is 0 Å². The normalized spacial score (nSPS) is 30.5. The number of hydrogen-bond acceptors (Lipinski definition) is 3. The predicted octanol–water partition coefficient (Wildman–Crippen LogP) is 2.02. The lowest BCUT2D eigenvalue weighted by molar-refractivity contribution is -0.143. The maximum absolute atomic E-state index is 10.9. The molecule has 0 bridgehead atoms. The van der Waals surface area contributed by atoms with Gasteiger partial charge in [-0.15, -0.1) is 0 Å². The zero-order valence-electron chi connectivity index (χ0n) is 5.60. The highest BCUT2D eigenvalue weighted by atomic mass is 79.9. The average molecular weight is 298 g/mol. The molecule has 0 aromatic heterocycles. The molecule has 3 nitrogen and oxygen atoms in total. The summed E-state index contributed by atoms with van der Waals surface area (Å²) in [4.78, 5) is 10.9. The van der Waals surface area contributed by atoms with Gasteiger partial charge in [0.05, 0.1) is 0 Å². The molecule has 0 aliphatic carbocycles. The standard InChI is InChI=1S/C5H4BrCl3O3/c6-1-2-3(10)12-4(11-2)5(7,8)9/h2,4H,1H2. The van der Waals surface area contributed by atoms with E-state index >= 15 is 0 Å². The highest BCUT2D eigenvalue weighted by Crippen LogP contribution is 2.36. The van der Waals surface area contributed by atoms with E-state index in [9.17, 15) is 4.79 Å². The molecule has 12 heavy (non-hydrogen) atoms. The summed E-state index contributed by atoms with van der Waals surface area (Å²) in [5.41, 5.74) is 0. The summed E-state index contributed by atoms with van der Waals surface area (Å²) in [5, 5.41) is 0.322. The van der Waals surface area contributed by atoms with Crippen molar-refractivity contribution in [1.82, 2.24) is 0 Å². The number of ether oxygens (including phenoxy) is 2. The molecule has 2 unspecified atom stereocenters. The predicted molar refractivity (Wildman–Crippen MR) is 48.8 cm³/mol. The Morgan fingerprint density at radius 1 is 1.50 bits per heavy atom. The molecule has 0 amide bonds. The van der Waals surface area contributed by atoms with E-state index in [0.717, 1.165) is 0 Å². The van der Waals surface area contributed by atoms with Gasteiger partial charge in [0, 0.05) is 5.33 Å². The van der Waals surface area contributed by atoms with Crippen LogP contribution < -0.4 is 0 Å². The van der Waals surface area contributed by atoms with Crippen LogP contribution in [0, 0.1) is 0 Å². The number of rotatable bonds is 1. The Labute approximate surface area is 92.4 Å². The van der Waals surface area contributed by atoms with Crippen molar-refractivity contribution in [3.63, 3.8) is 0 Å². The second kappa shape index (κ2) is 3.88. The van der Waals surface area contributed by atoms with Crippen molar-refractivity contribution >= 4 is 56.7 Å². The molecule has 1 rings (SSSR count). The van der Waals surface area contributed by atoms with Crippen molar-refractivity contribution in [1.29, 1.82) is 0 Å². The number of esters is 1. The van der Waals surface area contributed by atoms with Gasteiger partial charge in [-0.05, 0) is 0 Å². The number of alkyl halides is 4. The first-order valence-corrected chi connectivity index (χ1v) is 5.19. The van der Waals surface area contributed by atoms with Crippen LogP contribution in [0.3, 0.4) is 0 Å². The Hall–Kier alpha value is 0.780. The largest absolute Gasteiger partial charge is 0.429 e. The molecule has 0 aromatic rings. The Morgan fingerprint density at radius 2 is 2.08 bits per heavy atom. The van der Waals surface area contributed by atoms with E-state index in [-0.39, 0.29) is 0 Å². The van der Waals surface area contributed by atoms with Gasteiger partial charge in [-0.25, -0.2) is 4.79 Å². The zero-order valence-corrected chi connectivity index (χ0v) is 9.45. The third-order valence-corrected chi connectivity index (χ3v) is 2.30. The van der Waals surface area contributed by atoms with Crippen LogP contribution in [0.1, 0.15) is 0 Å². The van der Waals surface area contributed by atoms with Crippen LogP contribution in [-0.4, -0.2) is 27.5 Å². The number of hydrogen-bond donors (Lipinski definition) is 0. The van der Waals surface area contributed by atoms with Gasteiger partial charge in [0.1, 0.15) is 0 Å². The van der Waals surface area contributed by atoms with E-state index in [1.54, 1.807) is 0 Å². The zero-order chi connectivity index (χ0) is 9.35. The van der Waals surface area contributed by atoms with E-state index in [2.05, 4.69) is 20.7 Å². The molecule has 1 aliphatic rings. The highest BCUT2D eigenvalue weighted by Gasteiger charge is 2.46. The molecule has 1 aliphatic heterocycles. The van der Waals surface area contributed by atoms with Crippen LogP contribution in [0.15, 0.2) is 0 Å². The minimum atomic E-state index is -1.73. The number of halogens is 4. The monoisotopic (exact) mass is 296 g/mol. The van der Waals surface area contributed by atoms with Crippen molar-refractivity contribution in [2.24, 2.45) is 0 Å².